The summed E-state index contributed by atoms with van der Waals surface area (Å²) in [5.74, 6) is 1.22. The molecule has 0 radical (unpaired) electrons. The van der Waals surface area contributed by atoms with Crippen molar-refractivity contribution in [1.29, 1.82) is 0 Å². The van der Waals surface area contributed by atoms with Crippen molar-refractivity contribution in [3.8, 4) is 0 Å². The number of urea groups is 1. The van der Waals surface area contributed by atoms with Crippen LogP contribution < -0.4 is 5.32 Å². The second-order valence-electron chi connectivity index (χ2n) is 7.11. The van der Waals surface area contributed by atoms with Gasteiger partial charge in [-0.1, -0.05) is 13.8 Å². The molecule has 23 heavy (non-hydrogen) atoms. The van der Waals surface area contributed by atoms with Gasteiger partial charge in [-0.05, 0) is 32.1 Å². The Kier molecular flexibility index (Phi) is 5.21. The van der Waals surface area contributed by atoms with E-state index in [4.69, 9.17) is 9.72 Å². The van der Waals surface area contributed by atoms with E-state index >= 15 is 0 Å². The summed E-state index contributed by atoms with van der Waals surface area (Å²) in [7, 11) is 0. The van der Waals surface area contributed by atoms with Crippen LogP contribution in [0.1, 0.15) is 62.7 Å². The zero-order valence-corrected chi connectivity index (χ0v) is 15.1. The average molecular weight is 337 g/mol. The highest BCUT2D eigenvalue weighted by Crippen LogP contribution is 2.41. The van der Waals surface area contributed by atoms with Crippen molar-refractivity contribution in [2.45, 2.75) is 58.0 Å². The molecule has 0 unspecified atom stereocenters. The first-order chi connectivity index (χ1) is 11.0. The maximum Gasteiger partial charge on any atom is 0.318 e. The number of nitrogens with zero attached hydrogens (tertiary/aromatic N) is 2. The molecule has 2 amide bonds. The summed E-state index contributed by atoms with van der Waals surface area (Å²) in [6.45, 7) is 8.31. The van der Waals surface area contributed by atoms with Gasteiger partial charge in [0.25, 0.3) is 0 Å². The van der Waals surface area contributed by atoms with Crippen molar-refractivity contribution >= 4 is 17.4 Å². The number of ether oxygens (including phenoxy) is 1. The molecule has 1 aromatic heterocycles. The van der Waals surface area contributed by atoms with Crippen molar-refractivity contribution < 1.29 is 9.53 Å². The summed E-state index contributed by atoms with van der Waals surface area (Å²) in [5, 5.41) is 6.43. The first kappa shape index (κ1) is 16.7. The second kappa shape index (κ2) is 7.18. The van der Waals surface area contributed by atoms with E-state index in [1.54, 1.807) is 11.3 Å². The van der Waals surface area contributed by atoms with Crippen molar-refractivity contribution in [1.82, 2.24) is 15.2 Å². The predicted octanol–water partition coefficient (Wildman–Crippen LogP) is 3.54. The van der Waals surface area contributed by atoms with E-state index in [1.165, 1.54) is 17.8 Å². The number of amides is 2. The van der Waals surface area contributed by atoms with E-state index in [9.17, 15) is 4.79 Å². The second-order valence-corrected chi connectivity index (χ2v) is 8.00. The summed E-state index contributed by atoms with van der Waals surface area (Å²) in [6, 6.07) is 0.134. The Morgan fingerprint density at radius 2 is 2.26 bits per heavy atom. The fourth-order valence-electron chi connectivity index (χ4n) is 3.02. The van der Waals surface area contributed by atoms with Gasteiger partial charge in [-0.15, -0.1) is 11.3 Å². The molecule has 0 spiro atoms. The van der Waals surface area contributed by atoms with Crippen LogP contribution in [0.25, 0.3) is 0 Å². The van der Waals surface area contributed by atoms with Crippen LogP contribution in [0.2, 0.25) is 0 Å². The van der Waals surface area contributed by atoms with Crippen LogP contribution in [0.4, 0.5) is 4.79 Å². The molecule has 0 aromatic carbocycles. The third-order valence-electron chi connectivity index (χ3n) is 4.48. The third kappa shape index (κ3) is 4.23. The lowest BCUT2D eigenvalue weighted by Crippen LogP contribution is -2.53. The lowest BCUT2D eigenvalue weighted by atomic mass is 10.0. The molecule has 0 bridgehead atoms. The smallest absolute Gasteiger partial charge is 0.318 e. The molecular weight excluding hydrogens is 310 g/mol. The van der Waals surface area contributed by atoms with E-state index in [1.807, 2.05) is 11.8 Å². The molecule has 1 saturated heterocycles. The molecule has 3 rings (SSSR count). The molecule has 2 atom stereocenters. The number of hydrogen-bond acceptors (Lipinski definition) is 4. The molecule has 2 fully saturated rings. The fraction of sp³-hybridized carbons (Fsp3) is 0.765. The summed E-state index contributed by atoms with van der Waals surface area (Å²) in [4.78, 5) is 19.3. The molecule has 2 heterocycles. The highest BCUT2D eigenvalue weighted by atomic mass is 32.1. The minimum Gasteiger partial charge on any atom is -0.377 e. The highest BCUT2D eigenvalue weighted by Gasteiger charge is 2.30. The summed E-state index contributed by atoms with van der Waals surface area (Å²) >= 11 is 1.72. The average Bonchev–Trinajstić information content (AvgIpc) is 3.24. The molecule has 6 heteroatoms. The normalized spacial score (nSPS) is 23.1. The van der Waals surface area contributed by atoms with Crippen molar-refractivity contribution in [3.63, 3.8) is 0 Å². The molecule has 1 aliphatic heterocycles. The molecule has 128 valence electrons. The van der Waals surface area contributed by atoms with Crippen LogP contribution in [0.15, 0.2) is 5.38 Å². The van der Waals surface area contributed by atoms with Crippen LogP contribution in [-0.2, 0) is 4.74 Å². The van der Waals surface area contributed by atoms with Crippen LogP contribution in [0, 0.1) is 5.92 Å². The van der Waals surface area contributed by atoms with Gasteiger partial charge < -0.3 is 15.0 Å². The number of carbonyl (C=O) groups excluding carboxylic acids is 1. The first-order valence-corrected chi connectivity index (χ1v) is 9.52. The molecule has 1 N–H and O–H groups in total. The topological polar surface area (TPSA) is 54.5 Å². The molecule has 1 aliphatic carbocycles. The Morgan fingerprint density at radius 3 is 2.96 bits per heavy atom. The number of hydrogen-bond donors (Lipinski definition) is 1. The maximum absolute atomic E-state index is 12.7. The van der Waals surface area contributed by atoms with Crippen molar-refractivity contribution in [2.24, 2.45) is 5.92 Å². The zero-order valence-electron chi connectivity index (χ0n) is 14.2. The van der Waals surface area contributed by atoms with Gasteiger partial charge in [-0.3, -0.25) is 0 Å². The monoisotopic (exact) mass is 337 g/mol. The van der Waals surface area contributed by atoms with Gasteiger partial charge in [-0.25, -0.2) is 9.78 Å². The predicted molar refractivity (Wildman–Crippen MR) is 91.8 cm³/mol. The van der Waals surface area contributed by atoms with Gasteiger partial charge in [0.05, 0.1) is 36.0 Å². The number of rotatable bonds is 5. The lowest BCUT2D eigenvalue weighted by Gasteiger charge is -2.37. The summed E-state index contributed by atoms with van der Waals surface area (Å²) in [5.41, 5.74) is 0.985. The standard InChI is InChI=1S/C17H27N3O2S/c1-11(2)8-14-9-22-7-6-20(14)17(21)18-12(3)15-10-23-16(19-15)13-4-5-13/h10-14H,4-9H2,1-3H3,(H,18,21)/t12-,14+/m0/s1. The molecular formula is C17H27N3O2S. The minimum atomic E-state index is -0.0474. The van der Waals surface area contributed by atoms with Crippen LogP contribution in [-0.4, -0.2) is 41.7 Å². The van der Waals surface area contributed by atoms with Gasteiger partial charge in [0, 0.05) is 17.8 Å². The number of carbonyl (C=O) groups is 1. The fourth-order valence-corrected chi connectivity index (χ4v) is 4.11. The molecule has 1 aromatic rings. The maximum atomic E-state index is 12.7. The van der Waals surface area contributed by atoms with Gasteiger partial charge in [0.15, 0.2) is 0 Å². The number of thiazole rings is 1. The van der Waals surface area contributed by atoms with Gasteiger partial charge in [0.1, 0.15) is 0 Å². The summed E-state index contributed by atoms with van der Waals surface area (Å²) in [6.07, 6.45) is 3.50. The first-order valence-electron chi connectivity index (χ1n) is 8.64. The Hall–Kier alpha value is -1.14. The van der Waals surface area contributed by atoms with Gasteiger partial charge >= 0.3 is 6.03 Å². The lowest BCUT2D eigenvalue weighted by molar-refractivity contribution is 0.00507. The Morgan fingerprint density at radius 1 is 1.48 bits per heavy atom. The number of nitrogens with one attached hydrogen (secondary N) is 1. The Balaban J connectivity index is 1.59. The number of morpholine rings is 1. The van der Waals surface area contributed by atoms with E-state index < -0.39 is 0 Å². The van der Waals surface area contributed by atoms with Crippen LogP contribution >= 0.6 is 11.3 Å². The van der Waals surface area contributed by atoms with E-state index in [0.29, 0.717) is 31.6 Å². The highest BCUT2D eigenvalue weighted by molar-refractivity contribution is 7.09. The molecule has 5 nitrogen and oxygen atoms in total. The Labute approximate surface area is 142 Å². The van der Waals surface area contributed by atoms with E-state index in [2.05, 4.69) is 24.5 Å². The third-order valence-corrected chi connectivity index (χ3v) is 5.51. The van der Waals surface area contributed by atoms with Crippen molar-refractivity contribution in [2.75, 3.05) is 19.8 Å². The van der Waals surface area contributed by atoms with Crippen LogP contribution in [0.5, 0.6) is 0 Å². The SMILES string of the molecule is CC(C)C[C@@H]1COCCN1C(=O)N[C@@H](C)c1csc(C2CC2)n1. The largest absolute Gasteiger partial charge is 0.377 e. The van der Waals surface area contributed by atoms with Crippen LogP contribution in [0.3, 0.4) is 0 Å². The minimum absolute atomic E-state index is 0.00687. The number of aromatic nitrogens is 1. The molecule has 2 aliphatic rings. The molecule has 1 saturated carbocycles. The quantitative estimate of drug-likeness (QED) is 0.894. The van der Waals surface area contributed by atoms with E-state index in [0.717, 1.165) is 12.1 Å². The Bertz CT molecular complexity index is 542. The summed E-state index contributed by atoms with van der Waals surface area (Å²) < 4.78 is 5.56. The van der Waals surface area contributed by atoms with Crippen molar-refractivity contribution in [3.05, 3.63) is 16.1 Å². The van der Waals surface area contributed by atoms with E-state index in [-0.39, 0.29) is 18.1 Å². The van der Waals surface area contributed by atoms with Gasteiger partial charge in [-0.2, -0.15) is 0 Å². The van der Waals surface area contributed by atoms with Gasteiger partial charge in [0.2, 0.25) is 0 Å². The zero-order chi connectivity index (χ0) is 16.4.